The predicted molar refractivity (Wildman–Crippen MR) is 98.1 cm³/mol. The number of carbonyl (C=O) groups excluding carboxylic acids is 3. The second-order valence-electron chi connectivity index (χ2n) is 7.50. The Bertz CT molecular complexity index is 628. The Morgan fingerprint density at radius 1 is 1.00 bits per heavy atom. The van der Waals surface area contributed by atoms with Crippen LogP contribution in [0.1, 0.15) is 46.5 Å². The van der Waals surface area contributed by atoms with Crippen LogP contribution in [0.3, 0.4) is 0 Å². The van der Waals surface area contributed by atoms with E-state index in [1.54, 1.807) is 24.3 Å². The number of carbonyl (C=O) groups is 3. The van der Waals surface area contributed by atoms with E-state index in [1.165, 1.54) is 0 Å². The maximum absolute atomic E-state index is 11.9. The van der Waals surface area contributed by atoms with Gasteiger partial charge in [-0.1, -0.05) is 20.8 Å². The number of nitrogens with one attached hydrogen (secondary N) is 3. The van der Waals surface area contributed by atoms with Gasteiger partial charge in [0.1, 0.15) is 0 Å². The van der Waals surface area contributed by atoms with E-state index in [4.69, 9.17) is 0 Å². The Hall–Kier alpha value is -2.37. The molecule has 1 aromatic rings. The molecule has 6 heteroatoms. The molecular weight excluding hydrogens is 318 g/mol. The molecule has 6 nitrogen and oxygen atoms in total. The molecule has 25 heavy (non-hydrogen) atoms. The maximum Gasteiger partial charge on any atom is 0.227 e. The van der Waals surface area contributed by atoms with Gasteiger partial charge in [0.15, 0.2) is 0 Å². The highest BCUT2D eigenvalue weighted by Crippen LogP contribution is 2.30. The lowest BCUT2D eigenvalue weighted by molar-refractivity contribution is -0.128. The van der Waals surface area contributed by atoms with Crippen LogP contribution in [0.2, 0.25) is 0 Å². The Morgan fingerprint density at radius 2 is 1.56 bits per heavy atom. The topological polar surface area (TPSA) is 87.3 Å². The van der Waals surface area contributed by atoms with Crippen molar-refractivity contribution in [3.05, 3.63) is 24.3 Å². The maximum atomic E-state index is 11.9. The van der Waals surface area contributed by atoms with Crippen molar-refractivity contribution in [2.75, 3.05) is 17.2 Å². The molecule has 3 N–H and O–H groups in total. The van der Waals surface area contributed by atoms with Crippen LogP contribution >= 0.6 is 0 Å². The first-order chi connectivity index (χ1) is 11.8. The lowest BCUT2D eigenvalue weighted by Gasteiger charge is -2.17. The molecule has 1 aromatic carbocycles. The quantitative estimate of drug-likeness (QED) is 0.664. The van der Waals surface area contributed by atoms with Gasteiger partial charge in [-0.2, -0.15) is 0 Å². The molecule has 1 fully saturated rings. The number of hydrogen-bond donors (Lipinski definition) is 3. The third-order valence-electron chi connectivity index (χ3n) is 3.93. The van der Waals surface area contributed by atoms with Gasteiger partial charge in [0.25, 0.3) is 0 Å². The number of benzene rings is 1. The summed E-state index contributed by atoms with van der Waals surface area (Å²) in [6.07, 6.45) is 2.86. The minimum absolute atomic E-state index is 0.0169. The lowest BCUT2D eigenvalue weighted by Crippen LogP contribution is -2.35. The molecule has 0 saturated heterocycles. The van der Waals surface area contributed by atoms with E-state index in [9.17, 15) is 14.4 Å². The average Bonchev–Trinajstić information content (AvgIpc) is 3.37. The van der Waals surface area contributed by atoms with E-state index in [-0.39, 0.29) is 23.6 Å². The molecule has 0 spiro atoms. The summed E-state index contributed by atoms with van der Waals surface area (Å²) in [5.41, 5.74) is 1.01. The van der Waals surface area contributed by atoms with Crippen molar-refractivity contribution in [1.82, 2.24) is 5.32 Å². The summed E-state index contributed by atoms with van der Waals surface area (Å²) < 4.78 is 0. The first kappa shape index (κ1) is 19.0. The van der Waals surface area contributed by atoms with E-state index in [0.29, 0.717) is 25.1 Å². The van der Waals surface area contributed by atoms with E-state index in [1.807, 2.05) is 20.8 Å². The van der Waals surface area contributed by atoms with Crippen LogP contribution in [0.15, 0.2) is 24.3 Å². The monoisotopic (exact) mass is 345 g/mol. The highest BCUT2D eigenvalue weighted by Gasteiger charge is 2.29. The molecule has 0 aliphatic heterocycles. The van der Waals surface area contributed by atoms with Crippen molar-refractivity contribution >= 4 is 29.1 Å². The Labute approximate surface area is 148 Å². The van der Waals surface area contributed by atoms with E-state index >= 15 is 0 Å². The summed E-state index contributed by atoms with van der Waals surface area (Å²) in [5, 5.41) is 8.49. The summed E-state index contributed by atoms with van der Waals surface area (Å²) in [4.78, 5) is 35.3. The van der Waals surface area contributed by atoms with Crippen LogP contribution < -0.4 is 16.0 Å². The molecule has 0 bridgehead atoms. The average molecular weight is 345 g/mol. The molecule has 2 rings (SSSR count). The first-order valence-corrected chi connectivity index (χ1v) is 8.75. The highest BCUT2D eigenvalue weighted by atomic mass is 16.2. The van der Waals surface area contributed by atoms with E-state index in [2.05, 4.69) is 16.0 Å². The van der Waals surface area contributed by atoms with Crippen molar-refractivity contribution in [2.24, 2.45) is 11.3 Å². The summed E-state index contributed by atoms with van der Waals surface area (Å²) >= 11 is 0. The zero-order valence-electron chi connectivity index (χ0n) is 15.1. The molecule has 136 valence electrons. The van der Waals surface area contributed by atoms with Crippen molar-refractivity contribution in [3.8, 4) is 0 Å². The zero-order chi connectivity index (χ0) is 18.4. The molecule has 0 aromatic heterocycles. The number of rotatable bonds is 7. The second-order valence-corrected chi connectivity index (χ2v) is 7.50. The van der Waals surface area contributed by atoms with Gasteiger partial charge in [-0.3, -0.25) is 14.4 Å². The number of anilines is 2. The van der Waals surface area contributed by atoms with Gasteiger partial charge in [0.2, 0.25) is 17.7 Å². The van der Waals surface area contributed by atoms with Gasteiger partial charge in [0.05, 0.1) is 0 Å². The summed E-state index contributed by atoms with van der Waals surface area (Å²) in [6, 6.07) is 7.09. The lowest BCUT2D eigenvalue weighted by atomic mass is 9.96. The second kappa shape index (κ2) is 8.14. The normalized spacial score (nSPS) is 13.9. The fraction of sp³-hybridized carbons (Fsp3) is 0.526. The molecule has 3 amide bonds. The van der Waals surface area contributed by atoms with Crippen molar-refractivity contribution < 1.29 is 14.4 Å². The summed E-state index contributed by atoms with van der Waals surface area (Å²) in [6.45, 7) is 6.04. The van der Waals surface area contributed by atoms with Gasteiger partial charge in [-0.05, 0) is 43.5 Å². The predicted octanol–water partition coefficient (Wildman–Crippen LogP) is 2.92. The van der Waals surface area contributed by atoms with Gasteiger partial charge < -0.3 is 16.0 Å². The Morgan fingerprint density at radius 3 is 2.08 bits per heavy atom. The molecule has 0 unspecified atom stereocenters. The number of hydrogen-bond acceptors (Lipinski definition) is 3. The van der Waals surface area contributed by atoms with E-state index in [0.717, 1.165) is 18.5 Å². The van der Waals surface area contributed by atoms with Crippen LogP contribution in [0.25, 0.3) is 0 Å². The van der Waals surface area contributed by atoms with Crippen LogP contribution in [0.5, 0.6) is 0 Å². The van der Waals surface area contributed by atoms with Gasteiger partial charge in [0, 0.05) is 35.7 Å². The van der Waals surface area contributed by atoms with Crippen LogP contribution in [0.4, 0.5) is 11.4 Å². The van der Waals surface area contributed by atoms with E-state index < -0.39 is 5.41 Å². The Kier molecular flexibility index (Phi) is 6.17. The smallest absolute Gasteiger partial charge is 0.227 e. The molecule has 0 radical (unpaired) electrons. The fourth-order valence-electron chi connectivity index (χ4n) is 2.17. The summed E-state index contributed by atoms with van der Waals surface area (Å²) in [7, 11) is 0. The highest BCUT2D eigenvalue weighted by molar-refractivity contribution is 5.95. The minimum Gasteiger partial charge on any atom is -0.356 e. The Balaban J connectivity index is 1.68. The van der Waals surface area contributed by atoms with Crippen molar-refractivity contribution in [1.29, 1.82) is 0 Å². The van der Waals surface area contributed by atoms with Crippen molar-refractivity contribution in [3.63, 3.8) is 0 Å². The number of amides is 3. The third-order valence-corrected chi connectivity index (χ3v) is 3.93. The fourth-order valence-corrected chi connectivity index (χ4v) is 2.17. The molecule has 0 heterocycles. The molecular formula is C19H27N3O3. The third kappa shape index (κ3) is 6.57. The standard InChI is InChI=1S/C19H27N3O3/c1-19(2,3)18(25)20-12-4-5-16(23)21-14-8-10-15(11-9-14)22-17(24)13-6-7-13/h8-11,13H,4-7,12H2,1-3H3,(H,20,25)(H,21,23)(H,22,24). The minimum atomic E-state index is -0.418. The first-order valence-electron chi connectivity index (χ1n) is 8.75. The van der Waals surface area contributed by atoms with Crippen LogP contribution in [0, 0.1) is 11.3 Å². The van der Waals surface area contributed by atoms with Gasteiger partial charge >= 0.3 is 0 Å². The largest absolute Gasteiger partial charge is 0.356 e. The van der Waals surface area contributed by atoms with Crippen LogP contribution in [-0.2, 0) is 14.4 Å². The van der Waals surface area contributed by atoms with Gasteiger partial charge in [-0.25, -0.2) is 0 Å². The summed E-state index contributed by atoms with van der Waals surface area (Å²) in [5.74, 6) is 0.115. The van der Waals surface area contributed by atoms with Gasteiger partial charge in [-0.15, -0.1) is 0 Å². The zero-order valence-corrected chi connectivity index (χ0v) is 15.1. The molecule has 0 atom stereocenters. The SMILES string of the molecule is CC(C)(C)C(=O)NCCCC(=O)Nc1ccc(NC(=O)C2CC2)cc1. The van der Waals surface area contributed by atoms with Crippen molar-refractivity contribution in [2.45, 2.75) is 46.5 Å². The molecule has 1 saturated carbocycles. The van der Waals surface area contributed by atoms with Crippen LogP contribution in [-0.4, -0.2) is 24.3 Å². The molecule has 1 aliphatic rings. The molecule has 1 aliphatic carbocycles.